The van der Waals surface area contributed by atoms with E-state index in [1.165, 1.54) is 23.6 Å². The molecule has 0 bridgehead atoms. The maximum Gasteiger partial charge on any atom is 0.0651 e. The number of nitrogens with zero attached hydrogens (tertiary/aromatic N) is 1. The van der Waals surface area contributed by atoms with Gasteiger partial charge in [0, 0.05) is 0 Å². The maximum atomic E-state index is 4.59. The molecule has 1 heterocycles. The molecule has 1 nitrogen and oxygen atoms in total. The monoisotopic (exact) mass is 187 g/mol. The van der Waals surface area contributed by atoms with Crippen molar-refractivity contribution in [1.29, 1.82) is 0 Å². The van der Waals surface area contributed by atoms with Gasteiger partial charge in [-0.2, -0.15) is 0 Å². The molecular weight excluding hydrogens is 166 g/mol. The number of aliphatic imine (C=N–C) groups is 1. The molecule has 72 valence electrons. The molecule has 0 spiro atoms. The minimum atomic E-state index is 0.202. The summed E-state index contributed by atoms with van der Waals surface area (Å²) in [5.74, 6) is 1.25. The van der Waals surface area contributed by atoms with Crippen LogP contribution in [0.1, 0.15) is 47.5 Å². The van der Waals surface area contributed by atoms with Crippen LogP contribution >= 0.6 is 11.8 Å². The molecule has 0 amide bonds. The van der Waals surface area contributed by atoms with Crippen molar-refractivity contribution in [3.05, 3.63) is 0 Å². The molecule has 2 heteroatoms. The highest BCUT2D eigenvalue weighted by Crippen LogP contribution is 2.24. The van der Waals surface area contributed by atoms with E-state index >= 15 is 0 Å². The molecule has 0 saturated heterocycles. The summed E-state index contributed by atoms with van der Waals surface area (Å²) in [6.07, 6.45) is 2.54. The van der Waals surface area contributed by atoms with Crippen LogP contribution in [0.25, 0.3) is 0 Å². The Morgan fingerprint density at radius 1 is 1.33 bits per heavy atom. The maximum absolute atomic E-state index is 4.59. The van der Waals surface area contributed by atoms with Gasteiger partial charge in [0.1, 0.15) is 0 Å². The van der Waals surface area contributed by atoms with E-state index in [0.717, 1.165) is 0 Å². The lowest BCUT2D eigenvalue weighted by Crippen LogP contribution is -2.15. The van der Waals surface area contributed by atoms with Gasteiger partial charge < -0.3 is 0 Å². The van der Waals surface area contributed by atoms with Crippen molar-refractivity contribution in [2.24, 2.45) is 4.99 Å². The largest absolute Gasteiger partial charge is 0.277 e. The zero-order valence-electron chi connectivity index (χ0n) is 8.98. The molecule has 1 rings (SSSR count). The van der Waals surface area contributed by atoms with Gasteiger partial charge in [-0.25, -0.2) is 0 Å². The Kier molecular flexibility index (Phi) is 5.64. The minimum Gasteiger partial charge on any atom is -0.277 e. The second kappa shape index (κ2) is 5.63. The topological polar surface area (TPSA) is 12.4 Å². The van der Waals surface area contributed by atoms with Gasteiger partial charge in [-0.15, -0.1) is 11.8 Å². The molecule has 0 saturated carbocycles. The van der Waals surface area contributed by atoms with Gasteiger partial charge in [0.05, 0.1) is 10.6 Å². The fourth-order valence-corrected chi connectivity index (χ4v) is 2.13. The Morgan fingerprint density at radius 2 is 1.92 bits per heavy atom. The second-order valence-corrected chi connectivity index (χ2v) is 4.68. The van der Waals surface area contributed by atoms with Gasteiger partial charge in [-0.05, 0) is 39.4 Å². The number of rotatable bonds is 0. The summed E-state index contributed by atoms with van der Waals surface area (Å²) in [5.41, 5.74) is 0.202. The summed E-state index contributed by atoms with van der Waals surface area (Å²) in [4.78, 5) is 4.59. The molecule has 0 atom stereocenters. The SMILES string of the molecule is CC.CC1=NC(C)(C)CCCS1. The van der Waals surface area contributed by atoms with Crippen LogP contribution in [0, 0.1) is 0 Å². The smallest absolute Gasteiger partial charge is 0.0651 e. The first kappa shape index (κ1) is 12.0. The Bertz CT molecular complexity index is 150. The van der Waals surface area contributed by atoms with Crippen LogP contribution in [0.15, 0.2) is 4.99 Å². The molecule has 0 aromatic carbocycles. The highest BCUT2D eigenvalue weighted by molar-refractivity contribution is 8.13. The van der Waals surface area contributed by atoms with Gasteiger partial charge in [-0.3, -0.25) is 4.99 Å². The van der Waals surface area contributed by atoms with Crippen molar-refractivity contribution < 1.29 is 0 Å². The molecule has 1 aliphatic rings. The van der Waals surface area contributed by atoms with Gasteiger partial charge >= 0.3 is 0 Å². The molecule has 0 unspecified atom stereocenters. The first-order chi connectivity index (χ1) is 5.60. The predicted molar refractivity (Wildman–Crippen MR) is 60.2 cm³/mol. The molecule has 1 aliphatic heterocycles. The summed E-state index contributed by atoms with van der Waals surface area (Å²) in [7, 11) is 0. The summed E-state index contributed by atoms with van der Waals surface area (Å²) >= 11 is 1.89. The standard InChI is InChI=1S/C8H15NS.C2H6/c1-7-9-8(2,3)5-4-6-10-7;1-2/h4-6H2,1-3H3;1-2H3. The lowest BCUT2D eigenvalue weighted by molar-refractivity contribution is 0.479. The average Bonchev–Trinajstić information content (AvgIpc) is 2.14. The van der Waals surface area contributed by atoms with Crippen LogP contribution in [-0.2, 0) is 0 Å². The lowest BCUT2D eigenvalue weighted by atomic mass is 10.0. The molecular formula is C10H21NS. The third-order valence-corrected chi connectivity index (χ3v) is 2.71. The highest BCUT2D eigenvalue weighted by atomic mass is 32.2. The fraction of sp³-hybridized carbons (Fsp3) is 0.900. The Hall–Kier alpha value is 0.0200. The molecule has 0 N–H and O–H groups in total. The number of hydrogen-bond acceptors (Lipinski definition) is 2. The van der Waals surface area contributed by atoms with Crippen LogP contribution < -0.4 is 0 Å². The van der Waals surface area contributed by atoms with Crippen molar-refractivity contribution in [1.82, 2.24) is 0 Å². The van der Waals surface area contributed by atoms with E-state index in [-0.39, 0.29) is 5.54 Å². The lowest BCUT2D eigenvalue weighted by Gasteiger charge is -2.16. The Labute approximate surface area is 81.0 Å². The zero-order valence-corrected chi connectivity index (χ0v) is 9.79. The molecule has 12 heavy (non-hydrogen) atoms. The molecule has 0 fully saturated rings. The molecule has 0 aromatic rings. The summed E-state index contributed by atoms with van der Waals surface area (Å²) < 4.78 is 0. The first-order valence-electron chi connectivity index (χ1n) is 4.79. The third-order valence-electron chi connectivity index (χ3n) is 1.70. The van der Waals surface area contributed by atoms with E-state index in [2.05, 4.69) is 25.8 Å². The summed E-state index contributed by atoms with van der Waals surface area (Å²) in [6, 6.07) is 0. The van der Waals surface area contributed by atoms with Gasteiger partial charge in [0.25, 0.3) is 0 Å². The molecule has 0 radical (unpaired) electrons. The summed E-state index contributed by atoms with van der Waals surface area (Å²) in [6.45, 7) is 10.5. The first-order valence-corrected chi connectivity index (χ1v) is 5.78. The van der Waals surface area contributed by atoms with Crippen molar-refractivity contribution in [3.63, 3.8) is 0 Å². The van der Waals surface area contributed by atoms with E-state index < -0.39 is 0 Å². The van der Waals surface area contributed by atoms with E-state index in [1.807, 2.05) is 25.6 Å². The average molecular weight is 187 g/mol. The predicted octanol–water partition coefficient (Wildman–Crippen LogP) is 3.74. The van der Waals surface area contributed by atoms with Crippen LogP contribution in [0.3, 0.4) is 0 Å². The Morgan fingerprint density at radius 3 is 2.50 bits per heavy atom. The summed E-state index contributed by atoms with van der Waals surface area (Å²) in [5, 5.41) is 1.25. The van der Waals surface area contributed by atoms with Crippen LogP contribution in [0.5, 0.6) is 0 Å². The van der Waals surface area contributed by atoms with Crippen molar-refractivity contribution >= 4 is 16.8 Å². The van der Waals surface area contributed by atoms with Gasteiger partial charge in [0.15, 0.2) is 0 Å². The van der Waals surface area contributed by atoms with Crippen molar-refractivity contribution in [3.8, 4) is 0 Å². The second-order valence-electron chi connectivity index (χ2n) is 3.40. The number of thioether (sulfide) groups is 1. The minimum absolute atomic E-state index is 0.202. The van der Waals surface area contributed by atoms with E-state index in [9.17, 15) is 0 Å². The normalized spacial score (nSPS) is 21.6. The highest BCUT2D eigenvalue weighted by Gasteiger charge is 2.18. The van der Waals surface area contributed by atoms with Crippen LogP contribution in [0.2, 0.25) is 0 Å². The van der Waals surface area contributed by atoms with E-state index in [4.69, 9.17) is 0 Å². The van der Waals surface area contributed by atoms with Crippen LogP contribution in [0.4, 0.5) is 0 Å². The van der Waals surface area contributed by atoms with E-state index in [1.54, 1.807) is 0 Å². The quantitative estimate of drug-likeness (QED) is 0.563. The molecule has 0 aliphatic carbocycles. The third kappa shape index (κ3) is 4.81. The number of hydrogen-bond donors (Lipinski definition) is 0. The van der Waals surface area contributed by atoms with Gasteiger partial charge in [-0.1, -0.05) is 13.8 Å². The van der Waals surface area contributed by atoms with E-state index in [0.29, 0.717) is 0 Å². The zero-order chi connectivity index (χ0) is 9.61. The fourth-order valence-electron chi connectivity index (χ4n) is 1.24. The van der Waals surface area contributed by atoms with Crippen molar-refractivity contribution in [2.75, 3.05) is 5.75 Å². The Balaban J connectivity index is 0.000000561. The van der Waals surface area contributed by atoms with Crippen LogP contribution in [-0.4, -0.2) is 16.3 Å². The van der Waals surface area contributed by atoms with Gasteiger partial charge in [0.2, 0.25) is 0 Å². The molecule has 0 aromatic heterocycles. The van der Waals surface area contributed by atoms with Crippen molar-refractivity contribution in [2.45, 2.75) is 53.0 Å².